The van der Waals surface area contributed by atoms with Crippen LogP contribution in [-0.2, 0) is 0 Å². The number of nitrogens with one attached hydrogen (secondary N) is 2. The Balaban J connectivity index is 0.00000144. The molecule has 0 saturated carbocycles. The Hall–Kier alpha value is -1.59. The Bertz CT molecular complexity index is 648. The summed E-state index contributed by atoms with van der Waals surface area (Å²) >= 11 is 5.92. The van der Waals surface area contributed by atoms with Gasteiger partial charge in [0.2, 0.25) is 0 Å². The smallest absolute Gasteiger partial charge is 0.313 e. The average Bonchev–Trinajstić information content (AvgIpc) is 2.19. The van der Waals surface area contributed by atoms with Gasteiger partial charge in [-0.2, -0.15) is 0 Å². The van der Waals surface area contributed by atoms with E-state index in [0.717, 1.165) is 5.69 Å². The van der Waals surface area contributed by atoms with Crippen LogP contribution < -0.4 is 11.2 Å². The van der Waals surface area contributed by atoms with Gasteiger partial charge in [-0.1, -0.05) is 11.6 Å². The van der Waals surface area contributed by atoms with Crippen LogP contribution in [0.25, 0.3) is 11.1 Å². The first-order chi connectivity index (χ1) is 7.58. The molecule has 0 amide bonds. The van der Waals surface area contributed by atoms with Gasteiger partial charge >= 0.3 is 5.69 Å². The number of halogens is 2. The highest BCUT2D eigenvalue weighted by Crippen LogP contribution is 2.22. The van der Waals surface area contributed by atoms with Gasteiger partial charge in [-0.05, 0) is 19.1 Å². The van der Waals surface area contributed by atoms with Gasteiger partial charge in [0.1, 0.15) is 5.15 Å². The molecule has 0 bridgehead atoms. The van der Waals surface area contributed by atoms with Gasteiger partial charge in [-0.25, -0.2) is 9.78 Å². The van der Waals surface area contributed by atoms with E-state index in [1.165, 1.54) is 6.20 Å². The Morgan fingerprint density at radius 3 is 2.53 bits per heavy atom. The normalized spacial score (nSPS) is 9.76. The highest BCUT2D eigenvalue weighted by molar-refractivity contribution is 6.32. The first-order valence-corrected chi connectivity index (χ1v) is 4.91. The second kappa shape index (κ2) is 5.16. The van der Waals surface area contributed by atoms with Crippen LogP contribution in [-0.4, -0.2) is 15.0 Å². The molecule has 0 unspecified atom stereocenters. The molecule has 0 aliphatic carbocycles. The van der Waals surface area contributed by atoms with Gasteiger partial charge in [-0.15, -0.1) is 12.4 Å². The van der Waals surface area contributed by atoms with Crippen LogP contribution in [0.3, 0.4) is 0 Å². The van der Waals surface area contributed by atoms with Gasteiger partial charge in [0, 0.05) is 17.5 Å². The summed E-state index contributed by atoms with van der Waals surface area (Å²) < 4.78 is 0. The molecule has 17 heavy (non-hydrogen) atoms. The van der Waals surface area contributed by atoms with E-state index in [2.05, 4.69) is 15.0 Å². The fourth-order valence-electron chi connectivity index (χ4n) is 1.34. The zero-order valence-electron chi connectivity index (χ0n) is 8.78. The molecule has 0 aliphatic rings. The van der Waals surface area contributed by atoms with E-state index in [9.17, 15) is 9.59 Å². The number of H-pyrrole nitrogens is 2. The fourth-order valence-corrected chi connectivity index (χ4v) is 1.63. The molecule has 0 aromatic carbocycles. The number of rotatable bonds is 1. The van der Waals surface area contributed by atoms with Crippen molar-refractivity contribution in [3.8, 4) is 11.1 Å². The summed E-state index contributed by atoms with van der Waals surface area (Å²) in [6.07, 6.45) is 1.32. The first kappa shape index (κ1) is 13.5. The highest BCUT2D eigenvalue weighted by atomic mass is 35.5. The molecule has 0 radical (unpaired) electrons. The molecule has 90 valence electrons. The predicted molar refractivity (Wildman–Crippen MR) is 67.9 cm³/mol. The van der Waals surface area contributed by atoms with E-state index in [0.29, 0.717) is 5.56 Å². The molecule has 2 rings (SSSR count). The van der Waals surface area contributed by atoms with E-state index in [1.807, 2.05) is 0 Å². The monoisotopic (exact) mass is 273 g/mol. The molecule has 2 aromatic heterocycles. The second-order valence-electron chi connectivity index (χ2n) is 3.28. The third-order valence-corrected chi connectivity index (χ3v) is 2.39. The SMILES string of the molecule is Cc1ccc(-c2c[nH]c(=O)[nH]c2=O)c(Cl)n1.Cl. The largest absolute Gasteiger partial charge is 0.325 e. The molecular formula is C10H9Cl2N3O2. The lowest BCUT2D eigenvalue weighted by atomic mass is 10.1. The topological polar surface area (TPSA) is 78.6 Å². The number of hydrogen-bond acceptors (Lipinski definition) is 3. The number of aromatic amines is 2. The lowest BCUT2D eigenvalue weighted by molar-refractivity contribution is 1.04. The van der Waals surface area contributed by atoms with Crippen LogP contribution in [0.2, 0.25) is 5.15 Å². The minimum Gasteiger partial charge on any atom is -0.313 e. The van der Waals surface area contributed by atoms with E-state index in [-0.39, 0.29) is 23.1 Å². The Kier molecular flexibility index (Phi) is 4.09. The molecule has 2 aromatic rings. The fraction of sp³-hybridized carbons (Fsp3) is 0.100. The van der Waals surface area contributed by atoms with Crippen molar-refractivity contribution in [1.82, 2.24) is 15.0 Å². The van der Waals surface area contributed by atoms with Gasteiger partial charge < -0.3 is 4.98 Å². The highest BCUT2D eigenvalue weighted by Gasteiger charge is 2.08. The molecular weight excluding hydrogens is 265 g/mol. The van der Waals surface area contributed by atoms with E-state index in [1.54, 1.807) is 19.1 Å². The molecule has 2 N–H and O–H groups in total. The number of aromatic nitrogens is 3. The standard InChI is InChI=1S/C10H8ClN3O2.ClH/c1-5-2-3-6(8(11)13-5)7-4-12-10(16)14-9(7)15;/h2-4H,1H3,(H2,12,14,15,16);1H. The Morgan fingerprint density at radius 2 is 1.94 bits per heavy atom. The quantitative estimate of drug-likeness (QED) is 0.773. The number of hydrogen-bond donors (Lipinski definition) is 2. The van der Waals surface area contributed by atoms with Gasteiger partial charge in [0.25, 0.3) is 5.56 Å². The van der Waals surface area contributed by atoms with Crippen molar-refractivity contribution in [3.05, 3.63) is 50.0 Å². The number of aryl methyl sites for hydroxylation is 1. The van der Waals surface area contributed by atoms with Crippen LogP contribution in [0, 0.1) is 6.92 Å². The van der Waals surface area contributed by atoms with Crippen molar-refractivity contribution in [2.45, 2.75) is 6.92 Å². The summed E-state index contributed by atoms with van der Waals surface area (Å²) in [4.78, 5) is 30.9. The summed E-state index contributed by atoms with van der Waals surface area (Å²) in [5.41, 5.74) is 0.498. The molecule has 7 heteroatoms. The van der Waals surface area contributed by atoms with Crippen molar-refractivity contribution in [2.75, 3.05) is 0 Å². The Morgan fingerprint density at radius 1 is 1.24 bits per heavy atom. The van der Waals surface area contributed by atoms with Crippen LogP contribution in [0.4, 0.5) is 0 Å². The van der Waals surface area contributed by atoms with Crippen LogP contribution in [0.15, 0.2) is 27.9 Å². The molecule has 2 heterocycles. The summed E-state index contributed by atoms with van der Waals surface area (Å²) in [7, 11) is 0. The zero-order valence-corrected chi connectivity index (χ0v) is 10.4. The molecule has 5 nitrogen and oxygen atoms in total. The van der Waals surface area contributed by atoms with E-state index in [4.69, 9.17) is 11.6 Å². The van der Waals surface area contributed by atoms with Gasteiger partial charge in [0.15, 0.2) is 0 Å². The lowest BCUT2D eigenvalue weighted by Gasteiger charge is -2.02. The van der Waals surface area contributed by atoms with E-state index >= 15 is 0 Å². The maximum absolute atomic E-state index is 11.5. The lowest BCUT2D eigenvalue weighted by Crippen LogP contribution is -2.22. The first-order valence-electron chi connectivity index (χ1n) is 4.53. The molecule has 0 spiro atoms. The van der Waals surface area contributed by atoms with Crippen molar-refractivity contribution < 1.29 is 0 Å². The predicted octanol–water partition coefficient (Wildman–Crippen LogP) is 1.51. The number of pyridine rings is 1. The molecule has 0 fully saturated rings. The zero-order chi connectivity index (χ0) is 11.7. The Labute approximate surface area is 107 Å². The van der Waals surface area contributed by atoms with Crippen molar-refractivity contribution in [1.29, 1.82) is 0 Å². The summed E-state index contributed by atoms with van der Waals surface area (Å²) in [6, 6.07) is 3.43. The third kappa shape index (κ3) is 2.75. The molecule has 0 atom stereocenters. The van der Waals surface area contributed by atoms with Crippen molar-refractivity contribution in [3.63, 3.8) is 0 Å². The van der Waals surface area contributed by atoms with Crippen molar-refractivity contribution in [2.24, 2.45) is 0 Å². The van der Waals surface area contributed by atoms with Gasteiger partial charge in [-0.3, -0.25) is 9.78 Å². The van der Waals surface area contributed by atoms with Crippen LogP contribution in [0.1, 0.15) is 5.69 Å². The summed E-state index contributed by atoms with van der Waals surface area (Å²) in [6.45, 7) is 1.80. The number of nitrogens with zero attached hydrogens (tertiary/aromatic N) is 1. The van der Waals surface area contributed by atoms with Crippen LogP contribution >= 0.6 is 24.0 Å². The minimum atomic E-state index is -0.551. The van der Waals surface area contributed by atoms with Crippen molar-refractivity contribution >= 4 is 24.0 Å². The minimum absolute atomic E-state index is 0. The average molecular weight is 274 g/mol. The maximum Gasteiger partial charge on any atom is 0.325 e. The second-order valence-corrected chi connectivity index (χ2v) is 3.63. The van der Waals surface area contributed by atoms with E-state index < -0.39 is 11.2 Å². The third-order valence-electron chi connectivity index (χ3n) is 2.10. The maximum atomic E-state index is 11.5. The molecule has 0 aliphatic heterocycles. The summed E-state index contributed by atoms with van der Waals surface area (Å²) in [5, 5.41) is 0.234. The van der Waals surface area contributed by atoms with Gasteiger partial charge in [0.05, 0.1) is 5.56 Å². The van der Waals surface area contributed by atoms with Crippen LogP contribution in [0.5, 0.6) is 0 Å². The summed E-state index contributed by atoms with van der Waals surface area (Å²) in [5.74, 6) is 0. The molecule has 0 saturated heterocycles.